The maximum Gasteiger partial charge on any atom is 0.337 e. The highest BCUT2D eigenvalue weighted by atomic mass is 32.1. The number of methoxy groups -OCH3 is 1. The third-order valence-electron chi connectivity index (χ3n) is 1.88. The molecule has 0 bridgehead atoms. The third kappa shape index (κ3) is 3.21. The van der Waals surface area contributed by atoms with Crippen LogP contribution in [0.2, 0.25) is 0 Å². The molecule has 1 N–H and O–H groups in total. The van der Waals surface area contributed by atoms with Crippen molar-refractivity contribution in [1.82, 2.24) is 0 Å². The number of ether oxygens (including phenoxy) is 1. The molecule has 0 aliphatic heterocycles. The molecule has 84 valence electrons. The van der Waals surface area contributed by atoms with Gasteiger partial charge in [0, 0.05) is 12.2 Å². The maximum atomic E-state index is 11.2. The predicted octanol–water partition coefficient (Wildman–Crippen LogP) is 1.85. The van der Waals surface area contributed by atoms with Crippen LogP contribution in [0.5, 0.6) is 5.75 Å². The average Bonchev–Trinajstić information content (AvgIpc) is 2.30. The molecular weight excluding hydrogens is 224 g/mol. The Labute approximate surface area is 99.8 Å². The first-order valence-electron chi connectivity index (χ1n) is 4.70. The zero-order valence-electron chi connectivity index (χ0n) is 8.86. The fraction of sp³-hybridized carbons (Fsp3) is 0.250. The van der Waals surface area contributed by atoms with Crippen molar-refractivity contribution in [2.24, 2.45) is 0 Å². The minimum atomic E-state index is -0.481. The number of esters is 1. The Bertz CT molecular complexity index is 443. The largest absolute Gasteiger partial charge is 0.507 e. The Morgan fingerprint density at radius 1 is 1.56 bits per heavy atom. The van der Waals surface area contributed by atoms with E-state index in [1.165, 1.54) is 13.2 Å². The number of carbonyl (C=O) groups is 1. The number of benzene rings is 1. The van der Waals surface area contributed by atoms with Gasteiger partial charge in [-0.15, -0.1) is 0 Å². The highest BCUT2D eigenvalue weighted by Gasteiger charge is 2.07. The van der Waals surface area contributed by atoms with Gasteiger partial charge in [-0.3, -0.25) is 0 Å². The molecule has 0 atom stereocenters. The number of hydrogen-bond donors (Lipinski definition) is 2. The van der Waals surface area contributed by atoms with Crippen molar-refractivity contribution >= 4 is 18.6 Å². The lowest BCUT2D eigenvalue weighted by Gasteiger charge is -2.01. The Morgan fingerprint density at radius 3 is 2.88 bits per heavy atom. The predicted molar refractivity (Wildman–Crippen MR) is 64.8 cm³/mol. The van der Waals surface area contributed by atoms with Crippen molar-refractivity contribution in [3.63, 3.8) is 0 Å². The van der Waals surface area contributed by atoms with Crippen LogP contribution in [-0.4, -0.2) is 23.9 Å². The van der Waals surface area contributed by atoms with Gasteiger partial charge in [-0.25, -0.2) is 4.79 Å². The van der Waals surface area contributed by atoms with Crippen molar-refractivity contribution in [3.05, 3.63) is 29.3 Å². The lowest BCUT2D eigenvalue weighted by molar-refractivity contribution is 0.0600. The van der Waals surface area contributed by atoms with Gasteiger partial charge in [-0.2, -0.15) is 12.6 Å². The molecule has 1 aromatic carbocycles. The van der Waals surface area contributed by atoms with E-state index in [9.17, 15) is 9.90 Å². The number of phenolic OH excluding ortho intramolecular Hbond substituents is 1. The fourth-order valence-electron chi connectivity index (χ4n) is 1.10. The summed E-state index contributed by atoms with van der Waals surface area (Å²) in [6, 6.07) is 4.50. The van der Waals surface area contributed by atoms with Crippen LogP contribution in [0, 0.1) is 11.8 Å². The molecular formula is C12H12O3S. The normalized spacial score (nSPS) is 9.12. The number of carbonyl (C=O) groups excluding carboxylic acids is 1. The smallest absolute Gasteiger partial charge is 0.337 e. The summed E-state index contributed by atoms with van der Waals surface area (Å²) in [4.78, 5) is 11.2. The van der Waals surface area contributed by atoms with Crippen molar-refractivity contribution in [2.75, 3.05) is 12.9 Å². The van der Waals surface area contributed by atoms with E-state index in [4.69, 9.17) is 0 Å². The molecule has 0 unspecified atom stereocenters. The molecule has 16 heavy (non-hydrogen) atoms. The Morgan fingerprint density at radius 2 is 2.31 bits per heavy atom. The molecule has 4 heteroatoms. The first-order chi connectivity index (χ1) is 7.69. The van der Waals surface area contributed by atoms with Gasteiger partial charge < -0.3 is 9.84 Å². The molecule has 0 saturated heterocycles. The quantitative estimate of drug-likeness (QED) is 0.468. The lowest BCUT2D eigenvalue weighted by atomic mass is 10.1. The van der Waals surface area contributed by atoms with Crippen LogP contribution in [0.25, 0.3) is 0 Å². The zero-order valence-corrected chi connectivity index (χ0v) is 9.75. The first-order valence-corrected chi connectivity index (χ1v) is 5.33. The number of aromatic hydroxyl groups is 1. The molecule has 0 aliphatic carbocycles. The Kier molecular flexibility index (Phi) is 4.74. The van der Waals surface area contributed by atoms with Gasteiger partial charge in [0.05, 0.1) is 18.2 Å². The van der Waals surface area contributed by atoms with E-state index >= 15 is 0 Å². The Balaban J connectivity index is 2.93. The van der Waals surface area contributed by atoms with Gasteiger partial charge >= 0.3 is 5.97 Å². The molecule has 0 aliphatic rings. The van der Waals surface area contributed by atoms with Crippen LogP contribution < -0.4 is 0 Å². The molecule has 1 aromatic rings. The minimum Gasteiger partial charge on any atom is -0.507 e. The highest BCUT2D eigenvalue weighted by molar-refractivity contribution is 7.80. The number of hydrogen-bond acceptors (Lipinski definition) is 4. The van der Waals surface area contributed by atoms with E-state index in [-0.39, 0.29) is 5.75 Å². The van der Waals surface area contributed by atoms with E-state index < -0.39 is 5.97 Å². The van der Waals surface area contributed by atoms with Gasteiger partial charge in [0.1, 0.15) is 5.75 Å². The summed E-state index contributed by atoms with van der Waals surface area (Å²) in [6.07, 6.45) is 0.654. The van der Waals surface area contributed by atoms with Crippen LogP contribution in [0.3, 0.4) is 0 Å². The van der Waals surface area contributed by atoms with Gasteiger partial charge in [0.25, 0.3) is 0 Å². The molecule has 0 heterocycles. The number of phenols is 1. The summed E-state index contributed by atoms with van der Waals surface area (Å²) in [7, 11) is 1.29. The summed E-state index contributed by atoms with van der Waals surface area (Å²) >= 11 is 4.02. The molecule has 0 saturated carbocycles. The van der Waals surface area contributed by atoms with Crippen molar-refractivity contribution in [3.8, 4) is 17.6 Å². The maximum absolute atomic E-state index is 11.2. The van der Waals surface area contributed by atoms with E-state index in [1.54, 1.807) is 12.1 Å². The third-order valence-corrected chi connectivity index (χ3v) is 2.10. The SMILES string of the molecule is COC(=O)c1ccc(C#CCCS)c(O)c1. The van der Waals surface area contributed by atoms with Gasteiger partial charge in [0.15, 0.2) is 0 Å². The van der Waals surface area contributed by atoms with Crippen LogP contribution >= 0.6 is 12.6 Å². The van der Waals surface area contributed by atoms with Crippen LogP contribution in [-0.2, 0) is 4.74 Å². The molecule has 0 aromatic heterocycles. The van der Waals surface area contributed by atoms with Gasteiger partial charge in [0.2, 0.25) is 0 Å². The van der Waals surface area contributed by atoms with E-state index in [0.29, 0.717) is 23.3 Å². The van der Waals surface area contributed by atoms with E-state index in [0.717, 1.165) is 0 Å². The first kappa shape index (κ1) is 12.5. The second-order valence-corrected chi connectivity index (χ2v) is 3.45. The zero-order chi connectivity index (χ0) is 12.0. The molecule has 0 amide bonds. The molecule has 0 spiro atoms. The number of thiol groups is 1. The van der Waals surface area contributed by atoms with Crippen LogP contribution in [0.4, 0.5) is 0 Å². The lowest BCUT2D eigenvalue weighted by Crippen LogP contribution is -2.00. The fourth-order valence-corrected chi connectivity index (χ4v) is 1.21. The molecule has 0 radical (unpaired) electrons. The average molecular weight is 236 g/mol. The summed E-state index contributed by atoms with van der Waals surface area (Å²) in [5.74, 6) is 5.82. The summed E-state index contributed by atoms with van der Waals surface area (Å²) in [6.45, 7) is 0. The van der Waals surface area contributed by atoms with Gasteiger partial charge in [-0.05, 0) is 18.2 Å². The standard InChI is InChI=1S/C12H12O3S/c1-15-12(14)10-6-5-9(11(13)8-10)4-2-3-7-16/h5-6,8,13,16H,3,7H2,1H3. The molecule has 1 rings (SSSR count). The van der Waals surface area contributed by atoms with Crippen LogP contribution in [0.1, 0.15) is 22.3 Å². The van der Waals surface area contributed by atoms with Crippen molar-refractivity contribution in [2.45, 2.75) is 6.42 Å². The van der Waals surface area contributed by atoms with Crippen molar-refractivity contribution in [1.29, 1.82) is 0 Å². The summed E-state index contributed by atoms with van der Waals surface area (Å²) < 4.78 is 4.53. The van der Waals surface area contributed by atoms with Crippen LogP contribution in [0.15, 0.2) is 18.2 Å². The Hall–Kier alpha value is -1.60. The molecule has 3 nitrogen and oxygen atoms in total. The highest BCUT2D eigenvalue weighted by Crippen LogP contribution is 2.18. The summed E-state index contributed by atoms with van der Waals surface area (Å²) in [5, 5.41) is 9.61. The monoisotopic (exact) mass is 236 g/mol. The van der Waals surface area contributed by atoms with E-state index in [2.05, 4.69) is 29.2 Å². The summed E-state index contributed by atoms with van der Waals surface area (Å²) in [5.41, 5.74) is 0.800. The minimum absolute atomic E-state index is 0.0189. The van der Waals surface area contributed by atoms with Crippen molar-refractivity contribution < 1.29 is 14.6 Å². The van der Waals surface area contributed by atoms with E-state index in [1.807, 2.05) is 0 Å². The van der Waals surface area contributed by atoms with Gasteiger partial charge in [-0.1, -0.05) is 11.8 Å². The number of rotatable bonds is 2. The second-order valence-electron chi connectivity index (χ2n) is 3.00. The topological polar surface area (TPSA) is 46.5 Å². The second kappa shape index (κ2) is 6.09. The molecule has 0 fully saturated rings.